The zero-order valence-electron chi connectivity index (χ0n) is 33.2. The molecule has 0 unspecified atom stereocenters. The van der Waals surface area contributed by atoms with E-state index in [9.17, 15) is 0 Å². The van der Waals surface area contributed by atoms with E-state index in [0.717, 1.165) is 72.5 Å². The summed E-state index contributed by atoms with van der Waals surface area (Å²) in [7, 11) is 0. The monoisotopic (exact) mass is 778 g/mol. The molecule has 0 amide bonds. The van der Waals surface area contributed by atoms with Gasteiger partial charge >= 0.3 is 0 Å². The van der Waals surface area contributed by atoms with Crippen molar-refractivity contribution in [2.75, 3.05) is 4.90 Å². The molecule has 61 heavy (non-hydrogen) atoms. The molecule has 2 aromatic heterocycles. The first-order valence-corrected chi connectivity index (χ1v) is 20.8. The summed E-state index contributed by atoms with van der Waals surface area (Å²) in [5.74, 6) is 0. The molecule has 0 saturated heterocycles. The van der Waals surface area contributed by atoms with E-state index in [1.54, 1.807) is 0 Å². The summed E-state index contributed by atoms with van der Waals surface area (Å²) in [6.45, 7) is 0. The summed E-state index contributed by atoms with van der Waals surface area (Å²) in [5.41, 5.74) is 15.5. The number of benzene rings is 10. The lowest BCUT2D eigenvalue weighted by molar-refractivity contribution is 0.669. The van der Waals surface area contributed by atoms with Crippen LogP contribution < -0.4 is 4.90 Å². The fourth-order valence-electron chi connectivity index (χ4n) is 9.37. The van der Waals surface area contributed by atoms with Crippen molar-refractivity contribution in [1.29, 1.82) is 0 Å². The highest BCUT2D eigenvalue weighted by molar-refractivity contribution is 6.12. The van der Waals surface area contributed by atoms with Crippen molar-refractivity contribution in [3.63, 3.8) is 0 Å². The van der Waals surface area contributed by atoms with Gasteiger partial charge in [-0.15, -0.1) is 0 Å². The third-order valence-electron chi connectivity index (χ3n) is 12.2. The average molecular weight is 779 g/mol. The Morgan fingerprint density at radius 3 is 1.54 bits per heavy atom. The van der Waals surface area contributed by atoms with E-state index >= 15 is 0 Å². The number of hydrogen-bond acceptors (Lipinski definition) is 2. The van der Waals surface area contributed by atoms with E-state index in [1.807, 2.05) is 0 Å². The summed E-state index contributed by atoms with van der Waals surface area (Å²) in [6, 6.07) is 83.0. The van der Waals surface area contributed by atoms with Crippen LogP contribution in [0.5, 0.6) is 0 Å². The summed E-state index contributed by atoms with van der Waals surface area (Å²) in [5, 5.41) is 7.11. The van der Waals surface area contributed by atoms with Crippen LogP contribution in [0.15, 0.2) is 235 Å². The molecular weight excluding hydrogens is 741 g/mol. The van der Waals surface area contributed by atoms with Crippen LogP contribution in [0.4, 0.5) is 17.1 Å². The molecular formula is C58H38N2O. The number of rotatable bonds is 7. The Kier molecular flexibility index (Phi) is 8.17. The summed E-state index contributed by atoms with van der Waals surface area (Å²) >= 11 is 0. The minimum Gasteiger partial charge on any atom is -0.456 e. The first kappa shape index (κ1) is 34.9. The Balaban J connectivity index is 1.03. The first-order valence-electron chi connectivity index (χ1n) is 20.8. The third-order valence-corrected chi connectivity index (χ3v) is 12.2. The standard InChI is InChI=1S/C58H38N2O/c1-2-16-39(17-3-1)45-20-6-11-25-52(45)59(53-26-12-8-22-47(53)43-32-35-57-50(37-43)51-36-41-18-4-5-19-42(41)38-58(51)61-57)44-33-30-40(31-34-44)46-21-7-13-27-54(46)60-55-28-14-9-23-48(55)49-24-10-15-29-56(49)60/h1-38H. The predicted molar refractivity (Wildman–Crippen MR) is 257 cm³/mol. The first-order chi connectivity index (χ1) is 30.3. The van der Waals surface area contributed by atoms with Gasteiger partial charge in [-0.25, -0.2) is 0 Å². The predicted octanol–water partition coefficient (Wildman–Crippen LogP) is 16.3. The molecule has 10 aromatic carbocycles. The molecule has 0 spiro atoms. The van der Waals surface area contributed by atoms with Gasteiger partial charge in [-0.3, -0.25) is 0 Å². The second-order valence-electron chi connectivity index (χ2n) is 15.7. The number of nitrogens with zero attached hydrogens (tertiary/aromatic N) is 2. The average Bonchev–Trinajstić information content (AvgIpc) is 3.86. The van der Waals surface area contributed by atoms with Crippen molar-refractivity contribution in [1.82, 2.24) is 4.57 Å². The minimum atomic E-state index is 0.884. The van der Waals surface area contributed by atoms with Crippen LogP contribution in [0.1, 0.15) is 0 Å². The van der Waals surface area contributed by atoms with Crippen molar-refractivity contribution in [2.45, 2.75) is 0 Å². The molecule has 0 fully saturated rings. The lowest BCUT2D eigenvalue weighted by Gasteiger charge is -2.30. The topological polar surface area (TPSA) is 21.3 Å². The van der Waals surface area contributed by atoms with Crippen LogP contribution >= 0.6 is 0 Å². The van der Waals surface area contributed by atoms with E-state index in [-0.39, 0.29) is 0 Å². The van der Waals surface area contributed by atoms with Crippen molar-refractivity contribution < 1.29 is 4.42 Å². The Bertz CT molecular complexity index is 3540. The van der Waals surface area contributed by atoms with Crippen molar-refractivity contribution in [3.8, 4) is 39.1 Å². The summed E-state index contributed by atoms with van der Waals surface area (Å²) in [6.07, 6.45) is 0. The number of para-hydroxylation sites is 5. The van der Waals surface area contributed by atoms with Gasteiger partial charge in [-0.1, -0.05) is 164 Å². The van der Waals surface area contributed by atoms with Gasteiger partial charge in [0, 0.05) is 43.9 Å². The van der Waals surface area contributed by atoms with Crippen LogP contribution in [-0.2, 0) is 0 Å². The van der Waals surface area contributed by atoms with E-state index in [2.05, 4.69) is 240 Å². The van der Waals surface area contributed by atoms with Gasteiger partial charge in [-0.05, 0) is 94.2 Å². The van der Waals surface area contributed by atoms with Crippen LogP contribution in [0.3, 0.4) is 0 Å². The number of hydrogen-bond donors (Lipinski definition) is 0. The van der Waals surface area contributed by atoms with Gasteiger partial charge in [0.2, 0.25) is 0 Å². The molecule has 12 rings (SSSR count). The van der Waals surface area contributed by atoms with Gasteiger partial charge in [0.1, 0.15) is 11.2 Å². The highest BCUT2D eigenvalue weighted by Gasteiger charge is 2.22. The molecule has 3 nitrogen and oxygen atoms in total. The SMILES string of the molecule is c1ccc(-c2ccccc2N(c2ccc(-c3ccccc3-n3c4ccccc4c4ccccc43)cc2)c2ccccc2-c2ccc3oc4cc5ccccc5cc4c3c2)cc1. The highest BCUT2D eigenvalue weighted by Crippen LogP contribution is 2.46. The molecule has 0 aliphatic heterocycles. The largest absolute Gasteiger partial charge is 0.456 e. The Morgan fingerprint density at radius 2 is 0.836 bits per heavy atom. The van der Waals surface area contributed by atoms with Gasteiger partial charge in [0.15, 0.2) is 0 Å². The minimum absolute atomic E-state index is 0.884. The fraction of sp³-hybridized carbons (Fsp3) is 0. The lowest BCUT2D eigenvalue weighted by Crippen LogP contribution is -2.12. The number of furan rings is 1. The zero-order valence-corrected chi connectivity index (χ0v) is 33.2. The maximum atomic E-state index is 6.44. The smallest absolute Gasteiger partial charge is 0.136 e. The fourth-order valence-corrected chi connectivity index (χ4v) is 9.37. The molecule has 0 aliphatic carbocycles. The number of aromatic nitrogens is 1. The van der Waals surface area contributed by atoms with E-state index in [0.29, 0.717) is 0 Å². The van der Waals surface area contributed by atoms with Gasteiger partial charge in [0.25, 0.3) is 0 Å². The molecule has 0 N–H and O–H groups in total. The molecule has 0 atom stereocenters. The molecule has 3 heteroatoms. The second kappa shape index (κ2) is 14.3. The Morgan fingerprint density at radius 1 is 0.328 bits per heavy atom. The quantitative estimate of drug-likeness (QED) is 0.161. The van der Waals surface area contributed by atoms with Crippen molar-refractivity contribution in [2.24, 2.45) is 0 Å². The molecule has 0 aliphatic rings. The highest BCUT2D eigenvalue weighted by atomic mass is 16.3. The van der Waals surface area contributed by atoms with Crippen LogP contribution in [0.2, 0.25) is 0 Å². The van der Waals surface area contributed by atoms with Gasteiger partial charge in [0.05, 0.1) is 28.1 Å². The Hall–Kier alpha value is -8.14. The number of fused-ring (bicyclic) bond motifs is 7. The molecule has 0 saturated carbocycles. The van der Waals surface area contributed by atoms with Crippen LogP contribution in [0, 0.1) is 0 Å². The van der Waals surface area contributed by atoms with E-state index in [4.69, 9.17) is 4.42 Å². The Labute approximate surface area is 353 Å². The molecule has 286 valence electrons. The maximum absolute atomic E-state index is 6.44. The zero-order chi connectivity index (χ0) is 40.3. The molecule has 0 radical (unpaired) electrons. The maximum Gasteiger partial charge on any atom is 0.136 e. The number of anilines is 3. The van der Waals surface area contributed by atoms with E-state index < -0.39 is 0 Å². The van der Waals surface area contributed by atoms with Crippen LogP contribution in [0.25, 0.3) is 93.6 Å². The van der Waals surface area contributed by atoms with Crippen molar-refractivity contribution >= 4 is 71.6 Å². The van der Waals surface area contributed by atoms with E-state index in [1.165, 1.54) is 38.1 Å². The summed E-state index contributed by atoms with van der Waals surface area (Å²) < 4.78 is 8.85. The third kappa shape index (κ3) is 5.82. The van der Waals surface area contributed by atoms with Crippen LogP contribution in [-0.4, -0.2) is 4.57 Å². The van der Waals surface area contributed by atoms with Gasteiger partial charge < -0.3 is 13.9 Å². The lowest BCUT2D eigenvalue weighted by atomic mass is 9.97. The molecule has 2 heterocycles. The van der Waals surface area contributed by atoms with Gasteiger partial charge in [-0.2, -0.15) is 0 Å². The molecule has 0 bridgehead atoms. The molecule has 12 aromatic rings. The normalized spacial score (nSPS) is 11.6. The van der Waals surface area contributed by atoms with Crippen molar-refractivity contribution in [3.05, 3.63) is 231 Å². The summed E-state index contributed by atoms with van der Waals surface area (Å²) in [4.78, 5) is 2.42. The second-order valence-corrected chi connectivity index (χ2v) is 15.7.